The minimum atomic E-state index is -0.286. The van der Waals surface area contributed by atoms with Crippen LogP contribution in [0.15, 0.2) is 53.4 Å². The Morgan fingerprint density at radius 3 is 2.17 bits per heavy atom. The molecule has 0 fully saturated rings. The first-order chi connectivity index (χ1) is 13.8. The van der Waals surface area contributed by atoms with Crippen molar-refractivity contribution in [3.8, 4) is 0 Å². The van der Waals surface area contributed by atoms with E-state index < -0.39 is 0 Å². The number of imide groups is 1. The zero-order valence-corrected chi connectivity index (χ0v) is 17.8. The van der Waals surface area contributed by atoms with Crippen LogP contribution in [-0.4, -0.2) is 27.9 Å². The van der Waals surface area contributed by atoms with Gasteiger partial charge < -0.3 is 5.32 Å². The summed E-state index contributed by atoms with van der Waals surface area (Å²) in [4.78, 5) is 39.3. The lowest BCUT2D eigenvalue weighted by atomic mass is 10.1. The molecule has 0 bridgehead atoms. The number of benzene rings is 2. The summed E-state index contributed by atoms with van der Waals surface area (Å²) >= 11 is 1.41. The van der Waals surface area contributed by atoms with E-state index in [9.17, 15) is 14.4 Å². The van der Waals surface area contributed by atoms with Gasteiger partial charge in [-0.1, -0.05) is 55.8 Å². The normalized spacial score (nSPS) is 14.2. The van der Waals surface area contributed by atoms with Crippen LogP contribution < -0.4 is 5.32 Å². The number of thioether (sulfide) groups is 1. The van der Waals surface area contributed by atoms with Gasteiger partial charge >= 0.3 is 0 Å². The molecule has 0 saturated carbocycles. The van der Waals surface area contributed by atoms with Crippen LogP contribution in [-0.2, 0) is 20.9 Å². The Labute approximate surface area is 175 Å². The Morgan fingerprint density at radius 1 is 1.00 bits per heavy atom. The van der Waals surface area contributed by atoms with Crippen molar-refractivity contribution < 1.29 is 14.4 Å². The van der Waals surface area contributed by atoms with Crippen molar-refractivity contribution in [1.29, 1.82) is 0 Å². The molecule has 1 N–H and O–H groups in total. The molecule has 1 aliphatic rings. The zero-order chi connectivity index (χ0) is 21.1. The number of nitrogens with zero attached hydrogens (tertiary/aromatic N) is 1. The molecule has 0 unspecified atom stereocenters. The molecule has 3 rings (SSSR count). The summed E-state index contributed by atoms with van der Waals surface area (Å²) in [5.74, 6) is -0.703. The molecule has 3 amide bonds. The maximum absolute atomic E-state index is 13.2. The van der Waals surface area contributed by atoms with Crippen molar-refractivity contribution in [3.05, 3.63) is 70.1 Å². The average molecular weight is 409 g/mol. The Morgan fingerprint density at radius 2 is 1.62 bits per heavy atom. The second-order valence-electron chi connectivity index (χ2n) is 7.31. The van der Waals surface area contributed by atoms with Gasteiger partial charge in [0.2, 0.25) is 5.91 Å². The predicted octanol–water partition coefficient (Wildman–Crippen LogP) is 4.38. The van der Waals surface area contributed by atoms with E-state index in [1.807, 2.05) is 45.0 Å². The summed E-state index contributed by atoms with van der Waals surface area (Å²) in [6.07, 6.45) is 0. The zero-order valence-electron chi connectivity index (χ0n) is 17.0. The minimum absolute atomic E-state index is 0.162. The van der Waals surface area contributed by atoms with Crippen LogP contribution in [0.1, 0.15) is 37.5 Å². The third-order valence-corrected chi connectivity index (χ3v) is 5.52. The number of carbonyl (C=O) groups is 3. The number of hydrogen-bond donors (Lipinski definition) is 1. The van der Waals surface area contributed by atoms with Gasteiger partial charge in [0.05, 0.1) is 17.0 Å². The molecule has 6 heteroatoms. The van der Waals surface area contributed by atoms with Crippen molar-refractivity contribution in [2.45, 2.75) is 39.5 Å². The van der Waals surface area contributed by atoms with E-state index in [2.05, 4.69) is 5.32 Å². The summed E-state index contributed by atoms with van der Waals surface area (Å²) < 4.78 is 0. The molecule has 29 heavy (non-hydrogen) atoms. The lowest BCUT2D eigenvalue weighted by molar-refractivity contribution is -0.137. The molecule has 1 heterocycles. The van der Waals surface area contributed by atoms with Crippen molar-refractivity contribution in [1.82, 2.24) is 4.90 Å². The van der Waals surface area contributed by atoms with Crippen LogP contribution >= 0.6 is 11.8 Å². The average Bonchev–Trinajstić information content (AvgIpc) is 2.88. The molecule has 0 aromatic heterocycles. The third-order valence-electron chi connectivity index (χ3n) is 4.43. The van der Waals surface area contributed by atoms with E-state index in [1.165, 1.54) is 23.6 Å². The van der Waals surface area contributed by atoms with Crippen LogP contribution in [0, 0.1) is 6.92 Å². The lowest BCUT2D eigenvalue weighted by Crippen LogP contribution is -2.31. The van der Waals surface area contributed by atoms with Gasteiger partial charge in [0.25, 0.3) is 11.8 Å². The van der Waals surface area contributed by atoms with Crippen molar-refractivity contribution in [2.24, 2.45) is 0 Å². The molecule has 0 radical (unpaired) electrons. The maximum Gasteiger partial charge on any atom is 0.268 e. The fourth-order valence-electron chi connectivity index (χ4n) is 3.10. The van der Waals surface area contributed by atoms with Gasteiger partial charge in [-0.15, -0.1) is 11.8 Å². The van der Waals surface area contributed by atoms with Crippen LogP contribution in [0.25, 0.3) is 5.57 Å². The first kappa shape index (κ1) is 20.9. The van der Waals surface area contributed by atoms with E-state index in [1.54, 1.807) is 24.3 Å². The van der Waals surface area contributed by atoms with Gasteiger partial charge in [-0.05, 0) is 30.2 Å². The highest BCUT2D eigenvalue weighted by Gasteiger charge is 2.39. The summed E-state index contributed by atoms with van der Waals surface area (Å²) in [5, 5.41) is 2.87. The van der Waals surface area contributed by atoms with Gasteiger partial charge in [-0.25, -0.2) is 0 Å². The molecule has 5 nitrogen and oxygen atoms in total. The summed E-state index contributed by atoms with van der Waals surface area (Å²) in [5.41, 5.74) is 3.78. The smallest absolute Gasteiger partial charge is 0.268 e. The molecule has 2 aromatic rings. The number of nitrogens with one attached hydrogen (secondary N) is 1. The number of hydrogen-bond acceptors (Lipinski definition) is 4. The number of aryl methyl sites for hydroxylation is 1. The summed E-state index contributed by atoms with van der Waals surface area (Å²) in [6.45, 7) is 7.67. The predicted molar refractivity (Wildman–Crippen MR) is 117 cm³/mol. The SMILES string of the molecule is CC(=O)Nc1ccc(C2=C(SC(C)C)C(=O)N(Cc3ccc(C)cc3)C2=O)cc1. The standard InChI is InChI=1S/C23H24N2O3S/c1-14(2)29-21-20(18-9-11-19(12-10-18)24-16(4)26)22(27)25(23(21)28)13-17-7-5-15(3)6-8-17/h5-12,14H,13H2,1-4H3,(H,24,26). The largest absolute Gasteiger partial charge is 0.326 e. The Hall–Kier alpha value is -2.86. The first-order valence-electron chi connectivity index (χ1n) is 9.47. The van der Waals surface area contributed by atoms with Crippen LogP contribution in [0.3, 0.4) is 0 Å². The fraction of sp³-hybridized carbons (Fsp3) is 0.261. The molecule has 1 aliphatic heterocycles. The molecule has 0 saturated heterocycles. The monoisotopic (exact) mass is 408 g/mol. The highest BCUT2D eigenvalue weighted by molar-refractivity contribution is 8.04. The van der Waals surface area contributed by atoms with Gasteiger partial charge in [0.1, 0.15) is 0 Å². The van der Waals surface area contributed by atoms with Crippen LogP contribution in [0.4, 0.5) is 5.69 Å². The third kappa shape index (κ3) is 4.77. The summed E-state index contributed by atoms with van der Waals surface area (Å²) in [6, 6.07) is 14.8. The molecule has 2 aromatic carbocycles. The van der Waals surface area contributed by atoms with Gasteiger partial charge in [0.15, 0.2) is 0 Å². The Bertz CT molecular complexity index is 976. The number of rotatable bonds is 6. The van der Waals surface area contributed by atoms with E-state index in [4.69, 9.17) is 0 Å². The highest BCUT2D eigenvalue weighted by Crippen LogP contribution is 2.38. The van der Waals surface area contributed by atoms with Gasteiger partial charge in [-0.3, -0.25) is 19.3 Å². The maximum atomic E-state index is 13.2. The molecule has 0 atom stereocenters. The first-order valence-corrected chi connectivity index (χ1v) is 10.3. The second-order valence-corrected chi connectivity index (χ2v) is 8.90. The molecule has 150 valence electrons. The molecular weight excluding hydrogens is 384 g/mol. The number of anilines is 1. The minimum Gasteiger partial charge on any atom is -0.326 e. The Balaban J connectivity index is 1.94. The topological polar surface area (TPSA) is 66.5 Å². The number of carbonyl (C=O) groups excluding carboxylic acids is 3. The quantitative estimate of drug-likeness (QED) is 0.721. The van der Waals surface area contributed by atoms with Crippen molar-refractivity contribution >= 4 is 40.7 Å². The van der Waals surface area contributed by atoms with Crippen molar-refractivity contribution in [2.75, 3.05) is 5.32 Å². The molecular formula is C23H24N2O3S. The highest BCUT2D eigenvalue weighted by atomic mass is 32.2. The van der Waals surface area contributed by atoms with E-state index >= 15 is 0 Å². The lowest BCUT2D eigenvalue weighted by Gasteiger charge is -2.15. The second kappa shape index (κ2) is 8.66. The fourth-order valence-corrected chi connectivity index (χ4v) is 4.10. The van der Waals surface area contributed by atoms with Crippen molar-refractivity contribution in [3.63, 3.8) is 0 Å². The van der Waals surface area contributed by atoms with E-state index in [0.717, 1.165) is 11.1 Å². The van der Waals surface area contributed by atoms with E-state index in [-0.39, 0.29) is 29.5 Å². The Kier molecular flexibility index (Phi) is 6.23. The summed E-state index contributed by atoms with van der Waals surface area (Å²) in [7, 11) is 0. The van der Waals surface area contributed by atoms with Crippen LogP contribution in [0.2, 0.25) is 0 Å². The molecule has 0 aliphatic carbocycles. The van der Waals surface area contributed by atoms with Crippen LogP contribution in [0.5, 0.6) is 0 Å². The number of amides is 3. The van der Waals surface area contributed by atoms with E-state index in [0.29, 0.717) is 21.7 Å². The van der Waals surface area contributed by atoms with Gasteiger partial charge in [0, 0.05) is 17.9 Å². The molecule has 0 spiro atoms. The van der Waals surface area contributed by atoms with Gasteiger partial charge in [-0.2, -0.15) is 0 Å².